The highest BCUT2D eigenvalue weighted by atomic mass is 16.2. The number of rotatable bonds is 6. The Balaban J connectivity index is 1.51. The molecule has 29 heavy (non-hydrogen) atoms. The summed E-state index contributed by atoms with van der Waals surface area (Å²) in [7, 11) is 0. The molecule has 1 aliphatic carbocycles. The van der Waals surface area contributed by atoms with E-state index in [1.54, 1.807) is 29.2 Å². The molecule has 5 rings (SSSR count). The summed E-state index contributed by atoms with van der Waals surface area (Å²) in [6, 6.07) is 6.25. The van der Waals surface area contributed by atoms with Crippen molar-refractivity contribution >= 4 is 35.2 Å². The minimum atomic E-state index is -0.364. The highest BCUT2D eigenvalue weighted by Gasteiger charge is 2.25. The number of hydrogen-bond acceptors (Lipinski definition) is 7. The summed E-state index contributed by atoms with van der Waals surface area (Å²) < 4.78 is 1.73. The summed E-state index contributed by atoms with van der Waals surface area (Å²) >= 11 is 0. The van der Waals surface area contributed by atoms with E-state index in [4.69, 9.17) is 4.98 Å². The number of nitrogens with zero attached hydrogens (tertiary/aromatic N) is 4. The Morgan fingerprint density at radius 2 is 2.17 bits per heavy atom. The predicted octanol–water partition coefficient (Wildman–Crippen LogP) is 1.74. The number of nitrogens with one attached hydrogen (secondary N) is 3. The highest BCUT2D eigenvalue weighted by molar-refractivity contribution is 6.15. The van der Waals surface area contributed by atoms with Crippen molar-refractivity contribution in [1.82, 2.24) is 24.9 Å². The first kappa shape index (κ1) is 17.4. The van der Waals surface area contributed by atoms with Gasteiger partial charge in [-0.15, -0.1) is 0 Å². The summed E-state index contributed by atoms with van der Waals surface area (Å²) in [4.78, 5) is 32.2. The Hall–Kier alpha value is -3.75. The number of aromatic nitrogens is 4. The number of anilines is 2. The zero-order valence-corrected chi connectivity index (χ0v) is 15.6. The molecule has 1 saturated heterocycles. The Morgan fingerprint density at radius 1 is 1.28 bits per heavy atom. The van der Waals surface area contributed by atoms with Gasteiger partial charge in [-0.3, -0.25) is 19.9 Å². The van der Waals surface area contributed by atoms with E-state index in [0.29, 0.717) is 35.2 Å². The molecule has 0 bridgehead atoms. The molecule has 9 nitrogen and oxygen atoms in total. The first-order valence-electron chi connectivity index (χ1n) is 9.48. The summed E-state index contributed by atoms with van der Waals surface area (Å²) in [6.07, 6.45) is 9.21. The van der Waals surface area contributed by atoms with Crippen LogP contribution in [0.1, 0.15) is 30.4 Å². The average Bonchev–Trinajstić information content (AvgIpc) is 3.36. The van der Waals surface area contributed by atoms with Crippen molar-refractivity contribution in [3.05, 3.63) is 53.5 Å². The molecule has 4 heterocycles. The zero-order valence-electron chi connectivity index (χ0n) is 15.6. The second kappa shape index (κ2) is 7.01. The Morgan fingerprint density at radius 3 is 2.90 bits per heavy atom. The third kappa shape index (κ3) is 3.66. The third-order valence-electron chi connectivity index (χ3n) is 4.85. The van der Waals surface area contributed by atoms with E-state index in [2.05, 4.69) is 26.0 Å². The van der Waals surface area contributed by atoms with Crippen LogP contribution < -0.4 is 16.0 Å². The first-order chi connectivity index (χ1) is 14.2. The third-order valence-corrected chi connectivity index (χ3v) is 4.85. The van der Waals surface area contributed by atoms with Crippen LogP contribution in [0.25, 0.3) is 11.7 Å². The molecule has 0 atom stereocenters. The van der Waals surface area contributed by atoms with Crippen LogP contribution in [-0.4, -0.2) is 37.4 Å². The van der Waals surface area contributed by atoms with Gasteiger partial charge in [-0.25, -0.2) is 4.98 Å². The molecule has 1 aliphatic heterocycles. The predicted molar refractivity (Wildman–Crippen MR) is 107 cm³/mol. The van der Waals surface area contributed by atoms with Gasteiger partial charge in [0.2, 0.25) is 5.91 Å². The van der Waals surface area contributed by atoms with E-state index in [9.17, 15) is 9.59 Å². The van der Waals surface area contributed by atoms with Gasteiger partial charge in [-0.1, -0.05) is 6.07 Å². The van der Waals surface area contributed by atoms with Gasteiger partial charge in [0, 0.05) is 42.2 Å². The highest BCUT2D eigenvalue weighted by Crippen LogP contribution is 2.28. The van der Waals surface area contributed by atoms with Crippen molar-refractivity contribution in [1.29, 1.82) is 0 Å². The molecule has 2 fully saturated rings. The van der Waals surface area contributed by atoms with Crippen molar-refractivity contribution in [2.24, 2.45) is 0 Å². The first-order valence-corrected chi connectivity index (χ1v) is 9.48. The van der Waals surface area contributed by atoms with Gasteiger partial charge in [-0.05, 0) is 30.5 Å². The summed E-state index contributed by atoms with van der Waals surface area (Å²) in [5.74, 6) is 0.872. The second-order valence-electron chi connectivity index (χ2n) is 7.22. The molecular weight excluding hydrogens is 370 g/mol. The van der Waals surface area contributed by atoms with Crippen molar-refractivity contribution in [3.63, 3.8) is 0 Å². The van der Waals surface area contributed by atoms with E-state index in [1.165, 1.54) is 0 Å². The number of imide groups is 1. The average molecular weight is 389 g/mol. The Labute approximate surface area is 166 Å². The fourth-order valence-corrected chi connectivity index (χ4v) is 3.22. The minimum Gasteiger partial charge on any atom is -0.367 e. The van der Waals surface area contributed by atoms with Gasteiger partial charge < -0.3 is 10.6 Å². The van der Waals surface area contributed by atoms with E-state index < -0.39 is 0 Å². The van der Waals surface area contributed by atoms with Crippen LogP contribution in [0.2, 0.25) is 0 Å². The number of amides is 2. The van der Waals surface area contributed by atoms with Gasteiger partial charge >= 0.3 is 0 Å². The normalized spacial score (nSPS) is 17.7. The van der Waals surface area contributed by atoms with Gasteiger partial charge in [-0.2, -0.15) is 9.61 Å². The molecule has 3 aromatic rings. The van der Waals surface area contributed by atoms with Crippen LogP contribution in [0.4, 0.5) is 11.6 Å². The largest absolute Gasteiger partial charge is 0.367 e. The van der Waals surface area contributed by atoms with Crippen LogP contribution in [0.3, 0.4) is 0 Å². The van der Waals surface area contributed by atoms with Crippen LogP contribution in [0, 0.1) is 0 Å². The fraction of sp³-hybridized carbons (Fsp3) is 0.250. The number of carbonyl (C=O) groups excluding carboxylic acids is 2. The van der Waals surface area contributed by atoms with Crippen molar-refractivity contribution in [2.75, 3.05) is 10.6 Å². The number of pyridine rings is 1. The fourth-order valence-electron chi connectivity index (χ4n) is 3.22. The minimum absolute atomic E-state index is 0.0717. The molecule has 0 spiro atoms. The number of fused-ring (bicyclic) bond motifs is 1. The van der Waals surface area contributed by atoms with Gasteiger partial charge in [0.15, 0.2) is 5.65 Å². The molecule has 3 aromatic heterocycles. The SMILES string of the molecule is O=C1CC(=Cc2cnn3c(NC4CC4)cc(NCc4cccnc4)nc23)C(=O)N1. The second-order valence-corrected chi connectivity index (χ2v) is 7.22. The lowest BCUT2D eigenvalue weighted by Gasteiger charge is -2.11. The van der Waals surface area contributed by atoms with Gasteiger partial charge in [0.1, 0.15) is 11.6 Å². The van der Waals surface area contributed by atoms with Crippen molar-refractivity contribution < 1.29 is 9.59 Å². The van der Waals surface area contributed by atoms with Gasteiger partial charge in [0.25, 0.3) is 5.91 Å². The molecule has 146 valence electrons. The van der Waals surface area contributed by atoms with Crippen LogP contribution in [0.15, 0.2) is 42.4 Å². The lowest BCUT2D eigenvalue weighted by Crippen LogP contribution is -2.19. The van der Waals surface area contributed by atoms with E-state index >= 15 is 0 Å². The van der Waals surface area contributed by atoms with Crippen molar-refractivity contribution in [3.8, 4) is 0 Å². The zero-order chi connectivity index (χ0) is 19.8. The van der Waals surface area contributed by atoms with Crippen molar-refractivity contribution in [2.45, 2.75) is 31.8 Å². The van der Waals surface area contributed by atoms with E-state index in [0.717, 1.165) is 24.2 Å². The molecule has 0 unspecified atom stereocenters. The molecule has 9 heteroatoms. The molecule has 0 aromatic carbocycles. The lowest BCUT2D eigenvalue weighted by molar-refractivity contribution is -0.124. The Bertz CT molecular complexity index is 1130. The molecule has 2 aliphatic rings. The lowest BCUT2D eigenvalue weighted by atomic mass is 10.1. The maximum atomic E-state index is 11.9. The topological polar surface area (TPSA) is 113 Å². The molecule has 3 N–H and O–H groups in total. The maximum absolute atomic E-state index is 11.9. The van der Waals surface area contributed by atoms with E-state index in [-0.39, 0.29) is 18.2 Å². The molecule has 1 saturated carbocycles. The maximum Gasteiger partial charge on any atom is 0.254 e. The Kier molecular flexibility index (Phi) is 4.19. The number of carbonyl (C=O) groups is 2. The summed E-state index contributed by atoms with van der Waals surface area (Å²) in [5.41, 5.74) is 2.76. The summed E-state index contributed by atoms with van der Waals surface area (Å²) in [6.45, 7) is 0.585. The molecule has 0 radical (unpaired) electrons. The standard InChI is InChI=1S/C20H19N7O2/c28-18-7-13(20(29)26-18)6-14-11-23-27-17(24-15-3-4-15)8-16(25-19(14)27)22-10-12-2-1-5-21-9-12/h1-2,5-6,8-9,11,15,24H,3-4,7,10H2,(H,22,25)(H,26,28,29). The van der Waals surface area contributed by atoms with Crippen LogP contribution in [0.5, 0.6) is 0 Å². The van der Waals surface area contributed by atoms with Crippen LogP contribution >= 0.6 is 0 Å². The van der Waals surface area contributed by atoms with Gasteiger partial charge in [0.05, 0.1) is 12.6 Å². The van der Waals surface area contributed by atoms with E-state index in [1.807, 2.05) is 18.2 Å². The smallest absolute Gasteiger partial charge is 0.254 e. The number of hydrogen-bond donors (Lipinski definition) is 3. The monoisotopic (exact) mass is 389 g/mol. The molecule has 2 amide bonds. The molecular formula is C20H19N7O2. The summed E-state index contributed by atoms with van der Waals surface area (Å²) in [5, 5.41) is 13.5. The quantitative estimate of drug-likeness (QED) is 0.435. The van der Waals surface area contributed by atoms with Crippen LogP contribution in [-0.2, 0) is 16.1 Å².